The van der Waals surface area contributed by atoms with E-state index in [1.54, 1.807) is 61.5 Å². The van der Waals surface area contributed by atoms with Gasteiger partial charge < -0.3 is 15.0 Å². The second-order valence-corrected chi connectivity index (χ2v) is 13.3. The number of benzene rings is 3. The molecule has 0 saturated heterocycles. The van der Waals surface area contributed by atoms with Crippen LogP contribution in [-0.4, -0.2) is 50.4 Å². The zero-order chi connectivity index (χ0) is 30.5. The van der Waals surface area contributed by atoms with E-state index in [-0.39, 0.29) is 22.9 Å². The molecule has 0 aromatic heterocycles. The first-order valence-corrected chi connectivity index (χ1v) is 15.1. The number of anilines is 1. The monoisotopic (exact) mass is 619 g/mol. The lowest BCUT2D eigenvalue weighted by Gasteiger charge is -2.34. The molecule has 0 fully saturated rings. The molecule has 2 amide bonds. The van der Waals surface area contributed by atoms with Crippen LogP contribution >= 0.6 is 23.2 Å². The average Bonchev–Trinajstić information content (AvgIpc) is 2.90. The van der Waals surface area contributed by atoms with Crippen LogP contribution in [0.3, 0.4) is 0 Å². The molecule has 0 saturated carbocycles. The van der Waals surface area contributed by atoms with E-state index in [2.05, 4.69) is 5.32 Å². The summed E-state index contributed by atoms with van der Waals surface area (Å²) in [6, 6.07) is 16.8. The lowest BCUT2D eigenvalue weighted by molar-refractivity contribution is -0.140. The number of ether oxygens (including phenoxy) is 1. The highest BCUT2D eigenvalue weighted by molar-refractivity contribution is 7.92. The van der Waals surface area contributed by atoms with Crippen LogP contribution in [0.25, 0.3) is 0 Å². The number of hydrogen-bond acceptors (Lipinski definition) is 5. The number of carbonyl (C=O) groups is 2. The second kappa shape index (κ2) is 13.1. The highest BCUT2D eigenvalue weighted by Gasteiger charge is 2.35. The van der Waals surface area contributed by atoms with E-state index in [4.69, 9.17) is 27.9 Å². The maximum Gasteiger partial charge on any atom is 0.264 e. The summed E-state index contributed by atoms with van der Waals surface area (Å²) >= 11 is 12.9. The van der Waals surface area contributed by atoms with Gasteiger partial charge in [0, 0.05) is 27.7 Å². The van der Waals surface area contributed by atoms with E-state index in [0.717, 1.165) is 9.87 Å². The first-order valence-electron chi connectivity index (χ1n) is 12.9. The number of nitrogens with one attached hydrogen (secondary N) is 1. The number of halogens is 2. The Hall–Kier alpha value is -3.27. The maximum atomic E-state index is 14.1. The van der Waals surface area contributed by atoms with Crippen molar-refractivity contribution >= 4 is 50.7 Å². The molecule has 0 aliphatic carbocycles. The van der Waals surface area contributed by atoms with Crippen LogP contribution in [0, 0.1) is 6.92 Å². The maximum absolute atomic E-state index is 14.1. The summed E-state index contributed by atoms with van der Waals surface area (Å²) in [5.41, 5.74) is 0.816. The van der Waals surface area contributed by atoms with Crippen molar-refractivity contribution in [3.63, 3.8) is 0 Å². The molecule has 3 aromatic rings. The Kier molecular flexibility index (Phi) is 10.3. The predicted molar refractivity (Wildman–Crippen MR) is 163 cm³/mol. The van der Waals surface area contributed by atoms with E-state index in [0.29, 0.717) is 15.6 Å². The van der Waals surface area contributed by atoms with Crippen molar-refractivity contribution in [2.75, 3.05) is 18.0 Å². The highest BCUT2D eigenvalue weighted by atomic mass is 35.5. The molecule has 1 N–H and O–H groups in total. The molecule has 0 bridgehead atoms. The van der Waals surface area contributed by atoms with Crippen LogP contribution in [-0.2, 0) is 26.2 Å². The minimum atomic E-state index is -4.24. The summed E-state index contributed by atoms with van der Waals surface area (Å²) in [4.78, 5) is 28.7. The minimum Gasteiger partial charge on any atom is -0.495 e. The number of amides is 2. The van der Waals surface area contributed by atoms with Gasteiger partial charge in [0.2, 0.25) is 11.8 Å². The Labute approximate surface area is 252 Å². The van der Waals surface area contributed by atoms with Crippen molar-refractivity contribution in [1.29, 1.82) is 0 Å². The lowest BCUT2D eigenvalue weighted by Crippen LogP contribution is -2.54. The number of sulfonamides is 1. The van der Waals surface area contributed by atoms with Crippen molar-refractivity contribution in [2.24, 2.45) is 0 Å². The molecular formula is C30H35Cl2N3O5S. The van der Waals surface area contributed by atoms with E-state index in [1.807, 2.05) is 27.7 Å². The second-order valence-electron chi connectivity index (χ2n) is 10.6. The molecule has 1 atom stereocenters. The van der Waals surface area contributed by atoms with Crippen molar-refractivity contribution in [1.82, 2.24) is 10.2 Å². The van der Waals surface area contributed by atoms with E-state index < -0.39 is 40.0 Å². The average molecular weight is 621 g/mol. The van der Waals surface area contributed by atoms with Crippen LogP contribution in [0.5, 0.6) is 5.75 Å². The Morgan fingerprint density at radius 1 is 0.976 bits per heavy atom. The third-order valence-electron chi connectivity index (χ3n) is 6.27. The topological polar surface area (TPSA) is 96.0 Å². The molecule has 0 heterocycles. The van der Waals surface area contributed by atoms with Crippen molar-refractivity contribution in [2.45, 2.75) is 57.6 Å². The fourth-order valence-electron chi connectivity index (χ4n) is 4.14. The van der Waals surface area contributed by atoms with Gasteiger partial charge in [0.15, 0.2) is 0 Å². The minimum absolute atomic E-state index is 0.00409. The van der Waals surface area contributed by atoms with Crippen LogP contribution < -0.4 is 14.4 Å². The first-order chi connectivity index (χ1) is 19.2. The van der Waals surface area contributed by atoms with Gasteiger partial charge in [0.25, 0.3) is 10.0 Å². The predicted octanol–water partition coefficient (Wildman–Crippen LogP) is 5.84. The molecule has 0 aliphatic rings. The van der Waals surface area contributed by atoms with Gasteiger partial charge in [-0.2, -0.15) is 0 Å². The molecule has 41 heavy (non-hydrogen) atoms. The zero-order valence-electron chi connectivity index (χ0n) is 23.9. The van der Waals surface area contributed by atoms with Gasteiger partial charge in [-0.3, -0.25) is 13.9 Å². The van der Waals surface area contributed by atoms with E-state index in [1.165, 1.54) is 24.1 Å². The summed E-state index contributed by atoms with van der Waals surface area (Å²) < 4.78 is 34.5. The van der Waals surface area contributed by atoms with Gasteiger partial charge in [-0.1, -0.05) is 53.5 Å². The molecule has 8 nitrogen and oxygen atoms in total. The van der Waals surface area contributed by atoms with Crippen LogP contribution in [0.15, 0.2) is 71.6 Å². The van der Waals surface area contributed by atoms with Gasteiger partial charge in [-0.15, -0.1) is 0 Å². The Balaban J connectivity index is 2.14. The molecule has 0 spiro atoms. The molecule has 220 valence electrons. The zero-order valence-corrected chi connectivity index (χ0v) is 26.3. The number of aryl methyl sites for hydroxylation is 1. The summed E-state index contributed by atoms with van der Waals surface area (Å²) in [5, 5.41) is 3.51. The number of hydrogen-bond donors (Lipinski definition) is 1. The summed E-state index contributed by atoms with van der Waals surface area (Å²) in [6.45, 7) is 8.12. The molecule has 11 heteroatoms. The molecule has 0 radical (unpaired) electrons. The Morgan fingerprint density at radius 2 is 1.59 bits per heavy atom. The van der Waals surface area contributed by atoms with Crippen molar-refractivity contribution in [3.05, 3.63) is 87.9 Å². The standard InChI is InChI=1S/C30H35Cl2N3O5S/c1-20-15-16-27(40-6)26(17-20)35(41(38,39)22-11-8-7-9-12-22)19-28(36)34(21(2)29(37)33-30(3,4)5)18-23-24(31)13-10-14-25(23)32/h7-17,21H,18-19H2,1-6H3,(H,33,37). The van der Waals surface area contributed by atoms with E-state index in [9.17, 15) is 18.0 Å². The van der Waals surface area contributed by atoms with Crippen LogP contribution in [0.1, 0.15) is 38.8 Å². The Bertz CT molecular complexity index is 1490. The van der Waals surface area contributed by atoms with Gasteiger partial charge in [0.05, 0.1) is 17.7 Å². The quantitative estimate of drug-likeness (QED) is 0.308. The molecule has 0 aliphatic heterocycles. The fraction of sp³-hybridized carbons (Fsp3) is 0.333. The van der Waals surface area contributed by atoms with Gasteiger partial charge in [-0.25, -0.2) is 8.42 Å². The van der Waals surface area contributed by atoms with Crippen LogP contribution in [0.4, 0.5) is 5.69 Å². The van der Waals surface area contributed by atoms with Crippen molar-refractivity contribution in [3.8, 4) is 5.75 Å². The first kappa shape index (κ1) is 32.2. The number of rotatable bonds is 10. The normalized spacial score (nSPS) is 12.4. The molecule has 3 aromatic carbocycles. The Morgan fingerprint density at radius 3 is 2.15 bits per heavy atom. The smallest absolute Gasteiger partial charge is 0.264 e. The van der Waals surface area contributed by atoms with Gasteiger partial charge in [0.1, 0.15) is 18.3 Å². The summed E-state index contributed by atoms with van der Waals surface area (Å²) in [7, 11) is -2.82. The molecular weight excluding hydrogens is 585 g/mol. The van der Waals surface area contributed by atoms with Crippen molar-refractivity contribution < 1.29 is 22.7 Å². The molecule has 3 rings (SSSR count). The summed E-state index contributed by atoms with van der Waals surface area (Å²) in [6.07, 6.45) is 0. The third-order valence-corrected chi connectivity index (χ3v) is 8.75. The lowest BCUT2D eigenvalue weighted by atomic mass is 10.1. The van der Waals surface area contributed by atoms with Gasteiger partial charge >= 0.3 is 0 Å². The fourth-order valence-corrected chi connectivity index (χ4v) is 6.09. The number of carbonyl (C=O) groups excluding carboxylic acids is 2. The number of methoxy groups -OCH3 is 1. The van der Waals surface area contributed by atoms with Crippen LogP contribution in [0.2, 0.25) is 10.0 Å². The van der Waals surface area contributed by atoms with Gasteiger partial charge in [-0.05, 0) is 76.6 Å². The largest absolute Gasteiger partial charge is 0.495 e. The third kappa shape index (κ3) is 7.93. The number of nitrogens with zero attached hydrogens (tertiary/aromatic N) is 2. The van der Waals surface area contributed by atoms with E-state index >= 15 is 0 Å². The highest BCUT2D eigenvalue weighted by Crippen LogP contribution is 2.34. The molecule has 1 unspecified atom stereocenters. The summed E-state index contributed by atoms with van der Waals surface area (Å²) in [5.74, 6) is -0.789. The SMILES string of the molecule is COc1ccc(C)cc1N(CC(=O)N(Cc1c(Cl)cccc1Cl)C(C)C(=O)NC(C)(C)C)S(=O)(=O)c1ccccc1.